The molecule has 0 saturated carbocycles. The van der Waals surface area contributed by atoms with Crippen molar-refractivity contribution < 1.29 is 0 Å². The highest BCUT2D eigenvalue weighted by Gasteiger charge is 2.22. The van der Waals surface area contributed by atoms with Gasteiger partial charge in [0, 0.05) is 0 Å². The molecular formula is C88H58. The fraction of sp³-hybridized carbons (Fsp3) is 0. The van der Waals surface area contributed by atoms with Crippen LogP contribution >= 0.6 is 0 Å². The van der Waals surface area contributed by atoms with Crippen LogP contribution in [-0.2, 0) is 0 Å². The van der Waals surface area contributed by atoms with Gasteiger partial charge in [0.1, 0.15) is 0 Å². The largest absolute Gasteiger partial charge is 0.0622 e. The molecule has 88 heavy (non-hydrogen) atoms. The van der Waals surface area contributed by atoms with E-state index >= 15 is 0 Å². The summed E-state index contributed by atoms with van der Waals surface area (Å²) in [7, 11) is 0. The maximum absolute atomic E-state index is 2.40. The van der Waals surface area contributed by atoms with E-state index in [9.17, 15) is 0 Å². The van der Waals surface area contributed by atoms with Gasteiger partial charge < -0.3 is 0 Å². The Labute approximate surface area is 513 Å². The van der Waals surface area contributed by atoms with Gasteiger partial charge in [0.2, 0.25) is 0 Å². The van der Waals surface area contributed by atoms with Gasteiger partial charge in [0.15, 0.2) is 0 Å². The standard InChI is InChI=1S/C46H30.C42H28/c1-3-15-31(16-4-1)34-27-35(32-17-5-2-6-18-32)29-36(28-34)45-40-23-11-13-25-42(40)46(43-26-14-12-24-41(43)45)44-30-33-19-7-8-20-37(33)38-21-9-10-22-39(38)44;1-3-13-29(14-4-1)34-26-35(30-15-5-2-6-16-30)28-36(27-34)42-39-21-11-9-19-37(39)41(38-20-10-12-22-40(38)42)33-24-23-31-17-7-8-18-32(31)25-33/h1-30H;1-28H. The van der Waals surface area contributed by atoms with E-state index < -0.39 is 0 Å². The average Bonchev–Trinajstić information content (AvgIpc) is 1.63. The van der Waals surface area contributed by atoms with Crippen molar-refractivity contribution in [3.63, 3.8) is 0 Å². The van der Waals surface area contributed by atoms with Crippen molar-refractivity contribution in [2.24, 2.45) is 0 Å². The molecule has 410 valence electrons. The van der Waals surface area contributed by atoms with Crippen LogP contribution in [0.5, 0.6) is 0 Å². The summed E-state index contributed by atoms with van der Waals surface area (Å²) in [4.78, 5) is 0. The molecule has 0 N–H and O–H groups in total. The molecule has 0 bridgehead atoms. The maximum atomic E-state index is 2.40. The van der Waals surface area contributed by atoms with E-state index in [1.54, 1.807) is 0 Å². The number of hydrogen-bond donors (Lipinski definition) is 0. The first-order valence-corrected chi connectivity index (χ1v) is 30.5. The Morgan fingerprint density at radius 2 is 0.386 bits per heavy atom. The highest BCUT2D eigenvalue weighted by molar-refractivity contribution is 6.26. The van der Waals surface area contributed by atoms with E-state index in [-0.39, 0.29) is 0 Å². The zero-order valence-corrected chi connectivity index (χ0v) is 48.5. The average molecular weight is 1120 g/mol. The summed E-state index contributed by atoms with van der Waals surface area (Å²) in [5, 5.41) is 17.8. The van der Waals surface area contributed by atoms with Gasteiger partial charge in [-0.05, 0) is 213 Å². The summed E-state index contributed by atoms with van der Waals surface area (Å²) in [6.45, 7) is 0. The zero-order valence-electron chi connectivity index (χ0n) is 48.5. The van der Waals surface area contributed by atoms with Gasteiger partial charge in [0.25, 0.3) is 0 Å². The normalized spacial score (nSPS) is 11.4. The van der Waals surface area contributed by atoms with Crippen molar-refractivity contribution in [2.45, 2.75) is 0 Å². The molecule has 0 heterocycles. The molecule has 0 nitrogen and oxygen atoms in total. The fourth-order valence-electron chi connectivity index (χ4n) is 13.8. The first kappa shape index (κ1) is 52.1. The minimum absolute atomic E-state index is 1.22. The van der Waals surface area contributed by atoms with Gasteiger partial charge >= 0.3 is 0 Å². The molecule has 0 spiro atoms. The molecule has 0 aliphatic carbocycles. The van der Waals surface area contributed by atoms with E-state index in [4.69, 9.17) is 0 Å². The summed E-state index contributed by atoms with van der Waals surface area (Å²) in [6.07, 6.45) is 0. The van der Waals surface area contributed by atoms with Gasteiger partial charge in [-0.2, -0.15) is 0 Å². The van der Waals surface area contributed by atoms with Crippen molar-refractivity contribution >= 4 is 75.4 Å². The van der Waals surface area contributed by atoms with Crippen LogP contribution in [0.1, 0.15) is 0 Å². The molecule has 0 radical (unpaired) electrons. The molecule has 0 amide bonds. The Hall–Kier alpha value is -11.4. The van der Waals surface area contributed by atoms with Gasteiger partial charge in [-0.1, -0.05) is 303 Å². The molecule has 0 atom stereocenters. The van der Waals surface area contributed by atoms with Crippen molar-refractivity contribution in [3.05, 3.63) is 352 Å². The summed E-state index contributed by atoms with van der Waals surface area (Å²) in [6, 6.07) is 128. The molecule has 0 unspecified atom stereocenters. The second-order valence-electron chi connectivity index (χ2n) is 23.0. The van der Waals surface area contributed by atoms with Crippen LogP contribution in [0.2, 0.25) is 0 Å². The molecule has 0 aromatic heterocycles. The van der Waals surface area contributed by atoms with Gasteiger partial charge in [-0.3, -0.25) is 0 Å². The second-order valence-corrected chi connectivity index (χ2v) is 23.0. The second kappa shape index (κ2) is 22.5. The topological polar surface area (TPSA) is 0 Å². The maximum Gasteiger partial charge on any atom is -0.00199 e. The van der Waals surface area contributed by atoms with Crippen LogP contribution in [0, 0.1) is 0 Å². The van der Waals surface area contributed by atoms with E-state index in [1.807, 2.05) is 0 Å². The predicted molar refractivity (Wildman–Crippen MR) is 379 cm³/mol. The lowest BCUT2D eigenvalue weighted by molar-refractivity contribution is 1.58. The van der Waals surface area contributed by atoms with E-state index in [0.29, 0.717) is 0 Å². The van der Waals surface area contributed by atoms with E-state index in [2.05, 4.69) is 352 Å². The Kier molecular flexibility index (Phi) is 13.3. The van der Waals surface area contributed by atoms with Crippen LogP contribution in [0.25, 0.3) is 164 Å². The highest BCUT2D eigenvalue weighted by atomic mass is 14.2. The minimum atomic E-state index is 1.22. The molecule has 0 heteroatoms. The third-order valence-electron chi connectivity index (χ3n) is 17.8. The molecule has 0 fully saturated rings. The first-order chi connectivity index (χ1) is 43.7. The smallest absolute Gasteiger partial charge is 0.00199 e. The molecule has 17 aromatic carbocycles. The van der Waals surface area contributed by atoms with Gasteiger partial charge in [0.05, 0.1) is 0 Å². The van der Waals surface area contributed by atoms with Gasteiger partial charge in [-0.25, -0.2) is 0 Å². The molecular weight excluding hydrogens is 1060 g/mol. The molecule has 17 rings (SSSR count). The van der Waals surface area contributed by atoms with Gasteiger partial charge in [-0.15, -0.1) is 0 Å². The van der Waals surface area contributed by atoms with Crippen molar-refractivity contribution in [1.29, 1.82) is 0 Å². The molecule has 17 aromatic rings. The fourth-order valence-corrected chi connectivity index (χ4v) is 13.8. The quantitative estimate of drug-likeness (QED) is 0.105. The van der Waals surface area contributed by atoms with Crippen LogP contribution < -0.4 is 0 Å². The number of benzene rings is 17. The third-order valence-corrected chi connectivity index (χ3v) is 17.8. The lowest BCUT2D eigenvalue weighted by Gasteiger charge is -2.20. The van der Waals surface area contributed by atoms with Crippen LogP contribution in [-0.4, -0.2) is 0 Å². The molecule has 0 aliphatic rings. The predicted octanol–water partition coefficient (Wildman–Crippen LogP) is 24.8. The number of hydrogen-bond acceptors (Lipinski definition) is 0. The highest BCUT2D eigenvalue weighted by Crippen LogP contribution is 2.49. The SMILES string of the molecule is c1ccc(-c2cc(-c3ccccc3)cc(-c3c4ccccc4c(-c4cc5ccccc5c5ccccc45)c4ccccc34)c2)cc1.c1ccc(-c2cc(-c3ccccc3)cc(-c3c4ccccc4c(-c4ccc5ccccc5c4)c4ccccc34)c2)cc1. The minimum Gasteiger partial charge on any atom is -0.0622 e. The van der Waals surface area contributed by atoms with Crippen molar-refractivity contribution in [2.75, 3.05) is 0 Å². The summed E-state index contributed by atoms with van der Waals surface area (Å²) < 4.78 is 0. The number of fused-ring (bicyclic) bond motifs is 8. The van der Waals surface area contributed by atoms with E-state index in [0.717, 1.165) is 0 Å². The Balaban J connectivity index is 0.000000142. The van der Waals surface area contributed by atoms with Crippen molar-refractivity contribution in [3.8, 4) is 89.0 Å². The van der Waals surface area contributed by atoms with Crippen molar-refractivity contribution in [1.82, 2.24) is 0 Å². The zero-order chi connectivity index (χ0) is 58.3. The Morgan fingerprint density at radius 1 is 0.114 bits per heavy atom. The Bertz CT molecular complexity index is 5240. The summed E-state index contributed by atoms with van der Waals surface area (Å²) in [5.74, 6) is 0. The number of rotatable bonds is 8. The third kappa shape index (κ3) is 9.46. The molecule has 0 saturated heterocycles. The van der Waals surface area contributed by atoms with Crippen LogP contribution in [0.15, 0.2) is 352 Å². The monoisotopic (exact) mass is 1110 g/mol. The van der Waals surface area contributed by atoms with E-state index in [1.165, 1.54) is 164 Å². The first-order valence-electron chi connectivity index (χ1n) is 30.5. The lowest BCUT2D eigenvalue weighted by Crippen LogP contribution is -1.93. The summed E-state index contributed by atoms with van der Waals surface area (Å²) >= 11 is 0. The Morgan fingerprint density at radius 3 is 0.773 bits per heavy atom. The summed E-state index contributed by atoms with van der Waals surface area (Å²) in [5.41, 5.74) is 19.9. The lowest BCUT2D eigenvalue weighted by atomic mass is 9.83. The van der Waals surface area contributed by atoms with Crippen LogP contribution in [0.3, 0.4) is 0 Å². The van der Waals surface area contributed by atoms with Crippen LogP contribution in [0.4, 0.5) is 0 Å². The molecule has 0 aliphatic heterocycles.